The van der Waals surface area contributed by atoms with Crippen molar-refractivity contribution in [1.29, 1.82) is 0 Å². The molecule has 3 heterocycles. The normalized spacial score (nSPS) is 21.2. The Kier molecular flexibility index (Phi) is 11.0. The number of fused-ring (bicyclic) bond motifs is 2. The van der Waals surface area contributed by atoms with E-state index < -0.39 is 26.0 Å². The number of ether oxygens (including phenoxy) is 2. The highest BCUT2D eigenvalue weighted by atomic mass is 31.2. The third-order valence-corrected chi connectivity index (χ3v) is 11.4. The number of nitrogens with zero attached hydrogens (tertiary/aromatic N) is 5. The van der Waals surface area contributed by atoms with Crippen LogP contribution in [0.5, 0.6) is 11.5 Å². The molecule has 1 N–H and O–H groups in total. The summed E-state index contributed by atoms with van der Waals surface area (Å²) in [6.07, 6.45) is 8.95. The zero-order valence-corrected chi connectivity index (χ0v) is 31.7. The van der Waals surface area contributed by atoms with E-state index in [1.165, 1.54) is 23.3 Å². The van der Waals surface area contributed by atoms with E-state index in [9.17, 15) is 14.3 Å². The summed E-state index contributed by atoms with van der Waals surface area (Å²) in [4.78, 5) is 31.2. The Morgan fingerprint density at radius 1 is 1.15 bits per heavy atom. The summed E-state index contributed by atoms with van der Waals surface area (Å²) < 4.78 is 36.6. The van der Waals surface area contributed by atoms with E-state index in [0.717, 1.165) is 53.0 Å². The monoisotopic (exact) mass is 729 g/mol. The summed E-state index contributed by atoms with van der Waals surface area (Å²) in [5, 5.41) is 8.72. The molecule has 3 unspecified atom stereocenters. The van der Waals surface area contributed by atoms with Crippen molar-refractivity contribution in [3.05, 3.63) is 101 Å². The van der Waals surface area contributed by atoms with E-state index in [1.807, 2.05) is 46.1 Å². The van der Waals surface area contributed by atoms with Gasteiger partial charge in [0.05, 0.1) is 10.9 Å². The first-order valence-corrected chi connectivity index (χ1v) is 19.2. The smallest absolute Gasteiger partial charge is 0.489 e. The lowest BCUT2D eigenvalue weighted by molar-refractivity contribution is -0.163. The predicted molar refractivity (Wildman–Crippen MR) is 197 cm³/mol. The van der Waals surface area contributed by atoms with Crippen LogP contribution in [0, 0.1) is 24.2 Å². The van der Waals surface area contributed by atoms with Gasteiger partial charge in [-0.05, 0) is 86.9 Å². The molecule has 0 saturated carbocycles. The number of hydrogen-bond acceptors (Lipinski definition) is 10. The lowest BCUT2D eigenvalue weighted by Crippen LogP contribution is -2.41. The van der Waals surface area contributed by atoms with Crippen LogP contribution in [0.1, 0.15) is 63.6 Å². The molecule has 0 amide bonds. The molecular formula is C39H48N5O7P. The Balaban J connectivity index is 1.29. The van der Waals surface area contributed by atoms with Crippen molar-refractivity contribution in [3.8, 4) is 11.5 Å². The fraction of sp³-hybridized carbons (Fsp3) is 0.436. The number of phosphoric acid groups is 1. The van der Waals surface area contributed by atoms with Crippen molar-refractivity contribution in [2.75, 3.05) is 19.9 Å². The molecule has 6 rings (SSSR count). The largest absolute Gasteiger partial charge is 0.530 e. The van der Waals surface area contributed by atoms with Crippen LogP contribution in [-0.4, -0.2) is 61.7 Å². The van der Waals surface area contributed by atoms with Gasteiger partial charge >= 0.3 is 13.8 Å². The minimum Gasteiger partial charge on any atom is -0.489 e. The average Bonchev–Trinajstić information content (AvgIpc) is 3.39. The van der Waals surface area contributed by atoms with Gasteiger partial charge in [0.1, 0.15) is 23.1 Å². The number of phosphoric ester groups is 1. The number of para-hydroxylation sites is 1. The Morgan fingerprint density at radius 2 is 1.92 bits per heavy atom. The van der Waals surface area contributed by atoms with Crippen LogP contribution in [0.3, 0.4) is 0 Å². The fourth-order valence-corrected chi connectivity index (χ4v) is 8.21. The number of hydrogen-bond donors (Lipinski definition) is 1. The second-order valence-corrected chi connectivity index (χ2v) is 15.7. The molecular weight excluding hydrogens is 681 g/mol. The average molecular weight is 730 g/mol. The second-order valence-electron chi connectivity index (χ2n) is 14.3. The molecule has 276 valence electrons. The van der Waals surface area contributed by atoms with Crippen molar-refractivity contribution in [1.82, 2.24) is 24.9 Å². The maximum Gasteiger partial charge on any atom is 0.530 e. The number of aryl methyl sites for hydroxylation is 2. The van der Waals surface area contributed by atoms with Gasteiger partial charge in [0.25, 0.3) is 0 Å². The predicted octanol–water partition coefficient (Wildman–Crippen LogP) is 7.29. The van der Waals surface area contributed by atoms with Crippen LogP contribution >= 0.6 is 7.82 Å². The molecule has 1 aliphatic carbocycles. The number of pyridine rings is 1. The van der Waals surface area contributed by atoms with Gasteiger partial charge in [-0.25, -0.2) is 13.8 Å². The van der Waals surface area contributed by atoms with E-state index >= 15 is 0 Å². The topological polar surface area (TPSA) is 138 Å². The van der Waals surface area contributed by atoms with Crippen molar-refractivity contribution in [2.45, 2.75) is 66.5 Å². The van der Waals surface area contributed by atoms with Crippen molar-refractivity contribution >= 4 is 24.8 Å². The van der Waals surface area contributed by atoms with Gasteiger partial charge in [0, 0.05) is 50.6 Å². The van der Waals surface area contributed by atoms with Gasteiger partial charge in [0.15, 0.2) is 0 Å². The SMILES string of the molecule is CC[C@@H]1CN(CC2=C(C)C=CC([C@@H](c3ccc4c(nnn4C)c3C)C(C)(C)C(=O)OCOP(=O)(O)Oc3ccccc3)C2C)Cc2cnccc2O1. The second kappa shape index (κ2) is 15.3. The number of rotatable bonds is 12. The minimum atomic E-state index is -4.57. The van der Waals surface area contributed by atoms with Gasteiger partial charge in [-0.2, -0.15) is 0 Å². The molecule has 12 nitrogen and oxygen atoms in total. The maximum atomic E-state index is 14.1. The molecule has 1 aliphatic heterocycles. The first kappa shape index (κ1) is 37.4. The van der Waals surface area contributed by atoms with E-state index in [2.05, 4.69) is 59.2 Å². The summed E-state index contributed by atoms with van der Waals surface area (Å²) in [6.45, 7) is 13.7. The number of carbonyl (C=O) groups is 1. The van der Waals surface area contributed by atoms with E-state index in [4.69, 9.17) is 18.5 Å². The van der Waals surface area contributed by atoms with Crippen LogP contribution in [0.2, 0.25) is 0 Å². The Bertz CT molecular complexity index is 2030. The molecule has 4 aromatic rings. The lowest BCUT2D eigenvalue weighted by Gasteiger charge is -2.43. The van der Waals surface area contributed by atoms with Gasteiger partial charge < -0.3 is 14.0 Å². The van der Waals surface area contributed by atoms with Crippen molar-refractivity contribution in [3.63, 3.8) is 0 Å². The summed E-state index contributed by atoms with van der Waals surface area (Å²) in [5.41, 5.74) is 5.94. The lowest BCUT2D eigenvalue weighted by atomic mass is 9.61. The minimum absolute atomic E-state index is 0.0322. The Morgan fingerprint density at radius 3 is 2.67 bits per heavy atom. The zero-order valence-electron chi connectivity index (χ0n) is 30.9. The molecule has 5 atom stereocenters. The molecule has 2 aromatic carbocycles. The molecule has 13 heteroatoms. The first-order chi connectivity index (χ1) is 24.8. The van der Waals surface area contributed by atoms with Crippen LogP contribution in [0.4, 0.5) is 0 Å². The van der Waals surface area contributed by atoms with Gasteiger partial charge in [-0.1, -0.05) is 61.1 Å². The molecule has 2 aromatic heterocycles. The van der Waals surface area contributed by atoms with Crippen LogP contribution in [0.15, 0.2) is 84.2 Å². The number of esters is 1. The molecule has 0 spiro atoms. The third kappa shape index (κ3) is 7.85. The highest BCUT2D eigenvalue weighted by Gasteiger charge is 2.47. The van der Waals surface area contributed by atoms with E-state index in [1.54, 1.807) is 29.1 Å². The standard InChI is InChI=1S/C39H48N5O7P/c1-8-29-22-44(21-28-20-40-19-18-35(28)50-29)23-33-25(2)14-15-31(26(33)3)36(32-16-17-34-37(27(32)4)41-42-43(34)7)39(5,6)38(45)48-24-49-52(46,47)51-30-12-10-9-11-13-30/h9-20,26,29,31,36H,8,21-24H2,1-7H3,(H,46,47)/t26?,29-,31?,36+/m1/s1. The zero-order chi connectivity index (χ0) is 37.2. The molecule has 0 fully saturated rings. The quantitative estimate of drug-likeness (QED) is 0.0894. The first-order valence-electron chi connectivity index (χ1n) is 17.7. The van der Waals surface area contributed by atoms with Crippen molar-refractivity contribution in [2.24, 2.45) is 24.3 Å². The Labute approximate surface area is 305 Å². The van der Waals surface area contributed by atoms with E-state index in [-0.39, 0.29) is 29.6 Å². The summed E-state index contributed by atoms with van der Waals surface area (Å²) in [7, 11) is -2.71. The Hall–Kier alpha value is -4.35. The summed E-state index contributed by atoms with van der Waals surface area (Å²) >= 11 is 0. The van der Waals surface area contributed by atoms with Gasteiger partial charge in [-0.15, -0.1) is 5.10 Å². The molecule has 52 heavy (non-hydrogen) atoms. The van der Waals surface area contributed by atoms with E-state index in [0.29, 0.717) is 6.54 Å². The van der Waals surface area contributed by atoms with Crippen molar-refractivity contribution < 1.29 is 32.8 Å². The molecule has 0 saturated heterocycles. The van der Waals surface area contributed by atoms with Gasteiger partial charge in [-0.3, -0.25) is 19.6 Å². The number of carbonyl (C=O) groups excluding carboxylic acids is 1. The van der Waals surface area contributed by atoms with Crippen LogP contribution in [-0.2, 0) is 32.2 Å². The fourth-order valence-electron chi connectivity index (χ4n) is 7.58. The number of allylic oxidation sites excluding steroid dienone is 3. The molecule has 0 bridgehead atoms. The van der Waals surface area contributed by atoms with Crippen LogP contribution < -0.4 is 9.26 Å². The summed E-state index contributed by atoms with van der Waals surface area (Å²) in [6, 6.07) is 14.1. The third-order valence-electron chi connectivity index (χ3n) is 10.5. The highest BCUT2D eigenvalue weighted by molar-refractivity contribution is 7.47. The maximum absolute atomic E-state index is 14.1. The van der Waals surface area contributed by atoms with Crippen LogP contribution in [0.25, 0.3) is 11.0 Å². The summed E-state index contributed by atoms with van der Waals surface area (Å²) in [5.74, 6) is -0.0185. The highest BCUT2D eigenvalue weighted by Crippen LogP contribution is 2.51. The van der Waals surface area contributed by atoms with Gasteiger partial charge in [0.2, 0.25) is 6.79 Å². The molecule has 0 radical (unpaired) electrons. The number of aromatic nitrogens is 4. The number of benzene rings is 2. The molecule has 2 aliphatic rings.